The third-order valence-electron chi connectivity index (χ3n) is 5.69. The number of amides is 2. The summed E-state index contributed by atoms with van der Waals surface area (Å²) in [7, 11) is 0. The molecule has 1 aromatic carbocycles. The topological polar surface area (TPSA) is 93.3 Å². The van der Waals surface area contributed by atoms with Crippen LogP contribution in [-0.2, 0) is 4.79 Å². The Labute approximate surface area is 185 Å². The SMILES string of the molecule is Cc1cc(NC(=O)C2CCN(C(=O)c3cnn(-c4ccc(F)cc4)c3C(C)C)CC2)no1. The maximum absolute atomic E-state index is 13.3. The quantitative estimate of drug-likeness (QED) is 0.650. The average molecular weight is 439 g/mol. The van der Waals surface area contributed by atoms with Gasteiger partial charge in [0.15, 0.2) is 5.82 Å². The largest absolute Gasteiger partial charge is 0.360 e. The first-order chi connectivity index (χ1) is 15.3. The van der Waals surface area contributed by atoms with E-state index in [1.165, 1.54) is 12.1 Å². The van der Waals surface area contributed by atoms with Gasteiger partial charge in [-0.3, -0.25) is 9.59 Å². The molecule has 4 rings (SSSR count). The minimum atomic E-state index is -0.325. The number of anilines is 1. The molecule has 1 fully saturated rings. The van der Waals surface area contributed by atoms with Crippen molar-refractivity contribution in [1.82, 2.24) is 19.8 Å². The molecule has 0 atom stereocenters. The Morgan fingerprint density at radius 3 is 2.47 bits per heavy atom. The summed E-state index contributed by atoms with van der Waals surface area (Å²) in [6.07, 6.45) is 2.71. The highest BCUT2D eigenvalue weighted by atomic mass is 19.1. The third kappa shape index (κ3) is 4.42. The van der Waals surface area contributed by atoms with Crippen molar-refractivity contribution in [3.8, 4) is 5.69 Å². The smallest absolute Gasteiger partial charge is 0.257 e. The Morgan fingerprint density at radius 2 is 1.88 bits per heavy atom. The average Bonchev–Trinajstić information content (AvgIpc) is 3.40. The van der Waals surface area contributed by atoms with E-state index >= 15 is 0 Å². The molecule has 0 bridgehead atoms. The van der Waals surface area contributed by atoms with E-state index in [9.17, 15) is 14.0 Å². The summed E-state index contributed by atoms with van der Waals surface area (Å²) in [6.45, 7) is 6.71. The summed E-state index contributed by atoms with van der Waals surface area (Å²) in [6, 6.07) is 7.70. The number of benzene rings is 1. The number of hydrogen-bond acceptors (Lipinski definition) is 5. The number of halogens is 1. The summed E-state index contributed by atoms with van der Waals surface area (Å²) in [5.41, 5.74) is 2.01. The molecule has 0 radical (unpaired) electrons. The normalized spacial score (nSPS) is 14.7. The minimum absolute atomic E-state index is 0.0377. The van der Waals surface area contributed by atoms with E-state index in [1.807, 2.05) is 13.8 Å². The Balaban J connectivity index is 1.45. The van der Waals surface area contributed by atoms with Crippen molar-refractivity contribution in [3.05, 3.63) is 59.4 Å². The van der Waals surface area contributed by atoms with Crippen LogP contribution in [0.3, 0.4) is 0 Å². The van der Waals surface area contributed by atoms with Gasteiger partial charge in [0.25, 0.3) is 5.91 Å². The van der Waals surface area contributed by atoms with Gasteiger partial charge < -0.3 is 14.7 Å². The first kappa shape index (κ1) is 21.7. The van der Waals surface area contributed by atoms with Crippen LogP contribution in [0.25, 0.3) is 5.69 Å². The molecule has 168 valence electrons. The molecular formula is C23H26FN5O3. The fourth-order valence-electron chi connectivity index (χ4n) is 4.04. The molecule has 32 heavy (non-hydrogen) atoms. The van der Waals surface area contributed by atoms with E-state index in [0.29, 0.717) is 48.8 Å². The van der Waals surface area contributed by atoms with E-state index in [-0.39, 0.29) is 29.5 Å². The number of piperidine rings is 1. The van der Waals surface area contributed by atoms with E-state index in [4.69, 9.17) is 4.52 Å². The molecule has 2 aromatic heterocycles. The number of likely N-dealkylation sites (tertiary alicyclic amines) is 1. The molecule has 0 unspecified atom stereocenters. The molecule has 0 spiro atoms. The van der Waals surface area contributed by atoms with Gasteiger partial charge in [-0.25, -0.2) is 9.07 Å². The Bertz CT molecular complexity index is 1110. The summed E-state index contributed by atoms with van der Waals surface area (Å²) in [5, 5.41) is 11.0. The van der Waals surface area contributed by atoms with E-state index in [0.717, 1.165) is 5.69 Å². The van der Waals surface area contributed by atoms with Gasteiger partial charge in [0.1, 0.15) is 11.6 Å². The molecule has 2 amide bonds. The fraction of sp³-hybridized carbons (Fsp3) is 0.391. The number of nitrogens with zero attached hydrogens (tertiary/aromatic N) is 4. The summed E-state index contributed by atoms with van der Waals surface area (Å²) < 4.78 is 20.0. The number of carbonyl (C=O) groups excluding carboxylic acids is 2. The van der Waals surface area contributed by atoms with Gasteiger partial charge in [0.05, 0.1) is 23.1 Å². The van der Waals surface area contributed by atoms with Crippen molar-refractivity contribution in [2.24, 2.45) is 5.92 Å². The van der Waals surface area contributed by atoms with Crippen molar-refractivity contribution in [2.45, 2.75) is 39.5 Å². The number of carbonyl (C=O) groups is 2. The molecule has 1 aliphatic rings. The lowest BCUT2D eigenvalue weighted by atomic mass is 9.95. The van der Waals surface area contributed by atoms with Gasteiger partial charge in [-0.15, -0.1) is 0 Å². The van der Waals surface area contributed by atoms with Gasteiger partial charge in [-0.2, -0.15) is 5.10 Å². The van der Waals surface area contributed by atoms with Crippen molar-refractivity contribution in [3.63, 3.8) is 0 Å². The molecule has 1 aliphatic heterocycles. The Hall–Kier alpha value is -3.49. The lowest BCUT2D eigenvalue weighted by Gasteiger charge is -2.31. The zero-order chi connectivity index (χ0) is 22.8. The van der Waals surface area contributed by atoms with Crippen molar-refractivity contribution >= 4 is 17.6 Å². The van der Waals surface area contributed by atoms with Crippen LogP contribution in [0.2, 0.25) is 0 Å². The van der Waals surface area contributed by atoms with Gasteiger partial charge in [-0.1, -0.05) is 19.0 Å². The van der Waals surface area contributed by atoms with Crippen molar-refractivity contribution < 1.29 is 18.5 Å². The third-order valence-corrected chi connectivity index (χ3v) is 5.69. The molecule has 1 N–H and O–H groups in total. The molecule has 9 heteroatoms. The molecular weight excluding hydrogens is 413 g/mol. The van der Waals surface area contributed by atoms with Crippen LogP contribution >= 0.6 is 0 Å². The molecule has 0 saturated carbocycles. The van der Waals surface area contributed by atoms with Gasteiger partial charge in [0, 0.05) is 25.1 Å². The number of rotatable bonds is 5. The number of nitrogens with one attached hydrogen (secondary N) is 1. The predicted octanol–water partition coefficient (Wildman–Crippen LogP) is 3.92. The fourth-order valence-corrected chi connectivity index (χ4v) is 4.04. The van der Waals surface area contributed by atoms with Crippen LogP contribution in [0.5, 0.6) is 0 Å². The molecule has 3 heterocycles. The standard InChI is InChI=1S/C23H26FN5O3/c1-14(2)21-19(13-25-29(21)18-6-4-17(24)5-7-18)23(31)28-10-8-16(9-11-28)22(30)26-20-12-15(3)32-27-20/h4-7,12-14,16H,8-11H2,1-3H3,(H,26,27,30). The highest BCUT2D eigenvalue weighted by Gasteiger charge is 2.31. The Morgan fingerprint density at radius 1 is 1.19 bits per heavy atom. The lowest BCUT2D eigenvalue weighted by Crippen LogP contribution is -2.41. The van der Waals surface area contributed by atoms with Crippen LogP contribution in [-0.4, -0.2) is 44.7 Å². The molecule has 8 nitrogen and oxygen atoms in total. The van der Waals surface area contributed by atoms with Crippen molar-refractivity contribution in [2.75, 3.05) is 18.4 Å². The lowest BCUT2D eigenvalue weighted by molar-refractivity contribution is -0.121. The second-order valence-corrected chi connectivity index (χ2v) is 8.36. The first-order valence-corrected chi connectivity index (χ1v) is 10.7. The highest BCUT2D eigenvalue weighted by Crippen LogP contribution is 2.27. The van der Waals surface area contributed by atoms with Crippen LogP contribution in [0, 0.1) is 18.7 Å². The Kier molecular flexibility index (Phi) is 6.07. The predicted molar refractivity (Wildman–Crippen MR) is 116 cm³/mol. The summed E-state index contributed by atoms with van der Waals surface area (Å²) in [5.74, 6) is 0.335. The molecule has 0 aliphatic carbocycles. The zero-order valence-corrected chi connectivity index (χ0v) is 18.3. The molecule has 3 aromatic rings. The highest BCUT2D eigenvalue weighted by molar-refractivity contribution is 5.96. The first-order valence-electron chi connectivity index (χ1n) is 10.7. The van der Waals surface area contributed by atoms with Gasteiger partial charge >= 0.3 is 0 Å². The zero-order valence-electron chi connectivity index (χ0n) is 18.3. The maximum atomic E-state index is 13.3. The van der Waals surface area contributed by atoms with Crippen LogP contribution < -0.4 is 5.32 Å². The van der Waals surface area contributed by atoms with Crippen LogP contribution in [0.4, 0.5) is 10.2 Å². The van der Waals surface area contributed by atoms with Crippen LogP contribution in [0.1, 0.15) is 54.4 Å². The molecule has 1 saturated heterocycles. The summed E-state index contributed by atoms with van der Waals surface area (Å²) >= 11 is 0. The van der Waals surface area contributed by atoms with Gasteiger partial charge in [-0.05, 0) is 49.9 Å². The van der Waals surface area contributed by atoms with E-state index < -0.39 is 0 Å². The van der Waals surface area contributed by atoms with Crippen molar-refractivity contribution in [1.29, 1.82) is 0 Å². The number of aryl methyl sites for hydroxylation is 1. The minimum Gasteiger partial charge on any atom is -0.360 e. The monoisotopic (exact) mass is 439 g/mol. The number of hydrogen-bond donors (Lipinski definition) is 1. The van der Waals surface area contributed by atoms with E-state index in [1.54, 1.807) is 40.9 Å². The second-order valence-electron chi connectivity index (χ2n) is 8.36. The van der Waals surface area contributed by atoms with Gasteiger partial charge in [0.2, 0.25) is 5.91 Å². The maximum Gasteiger partial charge on any atom is 0.257 e. The number of aromatic nitrogens is 3. The second kappa shape index (κ2) is 8.94. The van der Waals surface area contributed by atoms with E-state index in [2.05, 4.69) is 15.6 Å². The summed E-state index contributed by atoms with van der Waals surface area (Å²) in [4.78, 5) is 27.6. The van der Waals surface area contributed by atoms with Crippen LogP contribution in [0.15, 0.2) is 41.1 Å².